The number of hydrogen-bond donors (Lipinski definition) is 2. The third-order valence-electron chi connectivity index (χ3n) is 1.93. The lowest BCUT2D eigenvalue weighted by Crippen LogP contribution is -2.18. The highest BCUT2D eigenvalue weighted by Gasteiger charge is 2.23. The number of halogens is 1. The van der Waals surface area contributed by atoms with Crippen molar-refractivity contribution in [3.8, 4) is 11.9 Å². The molecule has 0 aliphatic carbocycles. The van der Waals surface area contributed by atoms with Gasteiger partial charge in [0.05, 0.1) is 31.3 Å². The van der Waals surface area contributed by atoms with Crippen LogP contribution in [0.15, 0.2) is 6.20 Å². The Hall–Kier alpha value is -1.42. The average molecular weight is 244 g/mol. The Morgan fingerprint density at radius 1 is 1.62 bits per heavy atom. The van der Waals surface area contributed by atoms with Gasteiger partial charge in [-0.25, -0.2) is 4.98 Å². The predicted octanol–water partition coefficient (Wildman–Crippen LogP) is 0.447. The van der Waals surface area contributed by atoms with Gasteiger partial charge in [-0.05, 0) is 11.6 Å². The van der Waals surface area contributed by atoms with Crippen LogP contribution in [0.25, 0.3) is 0 Å². The molecule has 0 aliphatic rings. The fourth-order valence-electron chi connectivity index (χ4n) is 1.13. The molecule has 6 nitrogen and oxygen atoms in total. The molecule has 86 valence electrons. The fourth-order valence-corrected chi connectivity index (χ4v) is 1.26. The Balaban J connectivity index is 2.99. The second kappa shape index (κ2) is 5.61. The zero-order chi connectivity index (χ0) is 12.1. The molecule has 0 saturated carbocycles. The van der Waals surface area contributed by atoms with Crippen LogP contribution in [0.1, 0.15) is 18.1 Å². The molecule has 1 aromatic rings. The highest BCUT2D eigenvalue weighted by atomic mass is 35.5. The normalized spacial score (nSPS) is 13.9. The van der Waals surface area contributed by atoms with Gasteiger partial charge in [0.1, 0.15) is 6.10 Å². The Bertz CT molecular complexity index is 407. The van der Waals surface area contributed by atoms with Crippen LogP contribution in [0.3, 0.4) is 0 Å². The molecule has 0 saturated heterocycles. The molecule has 16 heavy (non-hydrogen) atoms. The van der Waals surface area contributed by atoms with Crippen molar-refractivity contribution in [2.75, 3.05) is 7.11 Å². The van der Waals surface area contributed by atoms with Crippen molar-refractivity contribution in [3.63, 3.8) is 0 Å². The highest BCUT2D eigenvalue weighted by Crippen LogP contribution is 2.26. The van der Waals surface area contributed by atoms with E-state index in [0.717, 1.165) is 0 Å². The third-order valence-corrected chi connectivity index (χ3v) is 2.11. The summed E-state index contributed by atoms with van der Waals surface area (Å²) >= 11 is 5.54. The van der Waals surface area contributed by atoms with Crippen LogP contribution < -0.4 is 4.74 Å². The van der Waals surface area contributed by atoms with Crippen LogP contribution in [0, 0.1) is 11.3 Å². The lowest BCUT2D eigenvalue weighted by molar-refractivity contribution is 0.0196. The molecule has 2 unspecified atom stereocenters. The fraction of sp³-hybridized carbons (Fsp3) is 0.444. The summed E-state index contributed by atoms with van der Waals surface area (Å²) < 4.78 is 4.89. The van der Waals surface area contributed by atoms with Crippen molar-refractivity contribution in [1.29, 1.82) is 5.26 Å². The lowest BCUT2D eigenvalue weighted by Gasteiger charge is -2.16. The first-order valence-corrected chi connectivity index (χ1v) is 4.77. The molecule has 2 atom stereocenters. The van der Waals surface area contributed by atoms with Crippen LogP contribution in [0.4, 0.5) is 0 Å². The molecule has 0 aromatic carbocycles. The van der Waals surface area contributed by atoms with Gasteiger partial charge in [0.15, 0.2) is 0 Å². The Morgan fingerprint density at radius 2 is 2.31 bits per heavy atom. The molecule has 7 heteroatoms. The summed E-state index contributed by atoms with van der Waals surface area (Å²) in [5.41, 5.74) is 0.189. The molecular formula is C9H10ClN3O3. The van der Waals surface area contributed by atoms with E-state index < -0.39 is 12.2 Å². The van der Waals surface area contributed by atoms with E-state index in [1.807, 2.05) is 0 Å². The largest absolute Gasteiger partial charge is 0.481 e. The summed E-state index contributed by atoms with van der Waals surface area (Å²) in [6.07, 6.45) is -1.46. The summed E-state index contributed by atoms with van der Waals surface area (Å²) in [6.45, 7) is 0. The second-order valence-corrected chi connectivity index (χ2v) is 3.32. The molecular weight excluding hydrogens is 234 g/mol. The van der Waals surface area contributed by atoms with E-state index in [0.29, 0.717) is 0 Å². The van der Waals surface area contributed by atoms with Crippen molar-refractivity contribution in [3.05, 3.63) is 17.0 Å². The Labute approximate surface area is 97.1 Å². The summed E-state index contributed by atoms with van der Waals surface area (Å²) in [5, 5.41) is 27.5. The quantitative estimate of drug-likeness (QED) is 0.745. The number of hydrogen-bond acceptors (Lipinski definition) is 6. The summed E-state index contributed by atoms with van der Waals surface area (Å²) in [6, 6.07) is 1.75. The minimum absolute atomic E-state index is 0.0254. The first kappa shape index (κ1) is 12.6. The van der Waals surface area contributed by atoms with Crippen LogP contribution in [0.5, 0.6) is 5.88 Å². The van der Waals surface area contributed by atoms with Crippen LogP contribution >= 0.6 is 11.6 Å². The Kier molecular flexibility index (Phi) is 4.43. The number of nitrogens with zero attached hydrogens (tertiary/aromatic N) is 3. The van der Waals surface area contributed by atoms with E-state index in [2.05, 4.69) is 9.97 Å². The number of aromatic nitrogens is 2. The minimum atomic E-state index is -1.29. The molecule has 1 rings (SSSR count). The Morgan fingerprint density at radius 3 is 2.88 bits per heavy atom. The lowest BCUT2D eigenvalue weighted by atomic mass is 10.1. The van der Waals surface area contributed by atoms with Gasteiger partial charge >= 0.3 is 0 Å². The summed E-state index contributed by atoms with van der Waals surface area (Å²) in [4.78, 5) is 7.40. The molecule has 0 radical (unpaired) electrons. The van der Waals surface area contributed by atoms with E-state index in [1.54, 1.807) is 6.07 Å². The maximum atomic E-state index is 9.72. The van der Waals surface area contributed by atoms with Crippen molar-refractivity contribution in [2.45, 2.75) is 18.6 Å². The zero-order valence-corrected chi connectivity index (χ0v) is 9.22. The molecule has 0 bridgehead atoms. The van der Waals surface area contributed by atoms with Crippen molar-refractivity contribution in [2.24, 2.45) is 0 Å². The standard InChI is InChI=1S/C9H10ClN3O3/c1-16-8-5(4-12-9(10)13-8)7(15)6(14)2-3-11/h4,6-7,14-15H,2H2,1H3. The summed E-state index contributed by atoms with van der Waals surface area (Å²) in [7, 11) is 1.35. The number of nitriles is 1. The van der Waals surface area contributed by atoms with Gasteiger partial charge in [0, 0.05) is 6.20 Å². The minimum Gasteiger partial charge on any atom is -0.481 e. The van der Waals surface area contributed by atoms with Gasteiger partial charge in [0.25, 0.3) is 0 Å². The monoisotopic (exact) mass is 243 g/mol. The number of aliphatic hydroxyl groups excluding tert-OH is 2. The predicted molar refractivity (Wildman–Crippen MR) is 54.8 cm³/mol. The molecule has 0 fully saturated rings. The van der Waals surface area contributed by atoms with Crippen LogP contribution in [-0.4, -0.2) is 33.4 Å². The number of methoxy groups -OCH3 is 1. The van der Waals surface area contributed by atoms with E-state index >= 15 is 0 Å². The average Bonchev–Trinajstić information content (AvgIpc) is 2.28. The van der Waals surface area contributed by atoms with E-state index in [1.165, 1.54) is 13.3 Å². The molecule has 1 heterocycles. The number of aliphatic hydroxyl groups is 2. The molecule has 0 amide bonds. The van der Waals surface area contributed by atoms with E-state index in [4.69, 9.17) is 21.6 Å². The van der Waals surface area contributed by atoms with Crippen LogP contribution in [0.2, 0.25) is 5.28 Å². The van der Waals surface area contributed by atoms with Gasteiger partial charge in [-0.15, -0.1) is 0 Å². The van der Waals surface area contributed by atoms with E-state index in [-0.39, 0.29) is 23.1 Å². The maximum absolute atomic E-state index is 9.72. The molecule has 0 spiro atoms. The smallest absolute Gasteiger partial charge is 0.225 e. The van der Waals surface area contributed by atoms with Crippen molar-refractivity contribution in [1.82, 2.24) is 9.97 Å². The second-order valence-electron chi connectivity index (χ2n) is 2.98. The number of rotatable bonds is 4. The van der Waals surface area contributed by atoms with Gasteiger partial charge in [-0.2, -0.15) is 10.2 Å². The van der Waals surface area contributed by atoms with Crippen LogP contribution in [-0.2, 0) is 0 Å². The topological polar surface area (TPSA) is 99.3 Å². The first-order valence-electron chi connectivity index (χ1n) is 4.39. The first-order chi connectivity index (χ1) is 7.60. The molecule has 1 aromatic heterocycles. The van der Waals surface area contributed by atoms with Gasteiger partial charge in [-0.1, -0.05) is 0 Å². The maximum Gasteiger partial charge on any atom is 0.225 e. The van der Waals surface area contributed by atoms with Gasteiger partial charge in [0.2, 0.25) is 11.2 Å². The van der Waals surface area contributed by atoms with E-state index in [9.17, 15) is 10.2 Å². The molecule has 2 N–H and O–H groups in total. The SMILES string of the molecule is COc1nc(Cl)ncc1C(O)C(O)CC#N. The van der Waals surface area contributed by atoms with Gasteiger partial charge in [-0.3, -0.25) is 0 Å². The van der Waals surface area contributed by atoms with Gasteiger partial charge < -0.3 is 14.9 Å². The summed E-state index contributed by atoms with van der Waals surface area (Å²) in [5.74, 6) is 0.0736. The number of ether oxygens (including phenoxy) is 1. The zero-order valence-electron chi connectivity index (χ0n) is 8.46. The highest BCUT2D eigenvalue weighted by molar-refractivity contribution is 6.28. The van der Waals surface area contributed by atoms with Crippen molar-refractivity contribution >= 4 is 11.6 Å². The van der Waals surface area contributed by atoms with Crippen molar-refractivity contribution < 1.29 is 14.9 Å². The molecule has 0 aliphatic heterocycles. The third kappa shape index (κ3) is 2.79.